The van der Waals surface area contributed by atoms with Crippen molar-refractivity contribution in [3.05, 3.63) is 30.2 Å². The molecule has 0 atom stereocenters. The average molecular weight is 304 g/mol. The lowest BCUT2D eigenvalue weighted by Crippen LogP contribution is -2.39. The molecule has 1 N–H and O–H groups in total. The highest BCUT2D eigenvalue weighted by Crippen LogP contribution is 2.21. The highest BCUT2D eigenvalue weighted by molar-refractivity contribution is 5.73. The van der Waals surface area contributed by atoms with Crippen LogP contribution < -0.4 is 10.1 Å². The van der Waals surface area contributed by atoms with E-state index >= 15 is 0 Å². The van der Waals surface area contributed by atoms with Crippen molar-refractivity contribution in [2.45, 2.75) is 20.4 Å². The Bertz CT molecular complexity index is 623. The molecule has 0 aliphatic heterocycles. The number of ether oxygens (including phenoxy) is 1. The predicted molar refractivity (Wildman–Crippen MR) is 81.4 cm³/mol. The molecule has 0 radical (unpaired) electrons. The first-order valence-corrected chi connectivity index (χ1v) is 7.17. The van der Waals surface area contributed by atoms with Gasteiger partial charge in [-0.05, 0) is 26.0 Å². The van der Waals surface area contributed by atoms with Gasteiger partial charge in [0.25, 0.3) is 0 Å². The summed E-state index contributed by atoms with van der Waals surface area (Å²) >= 11 is 0. The second kappa shape index (κ2) is 7.44. The zero-order valence-corrected chi connectivity index (χ0v) is 13.0. The number of carbonyl (C=O) groups excluding carboxylic acids is 1. The maximum atomic E-state index is 11.8. The summed E-state index contributed by atoms with van der Waals surface area (Å²) in [4.78, 5) is 17.8. The fourth-order valence-corrected chi connectivity index (χ4v) is 1.98. The molecule has 0 unspecified atom stereocenters. The highest BCUT2D eigenvalue weighted by Gasteiger charge is 2.12. The molecule has 2 aromatic rings. The Morgan fingerprint density at radius 3 is 2.82 bits per heavy atom. The van der Waals surface area contributed by atoms with E-state index in [2.05, 4.69) is 15.5 Å². The number of methoxy groups -OCH3 is 1. The lowest BCUT2D eigenvalue weighted by atomic mass is 10.2. The van der Waals surface area contributed by atoms with Crippen LogP contribution in [0.1, 0.15) is 19.7 Å². The number of carbonyl (C=O) groups is 1. The van der Waals surface area contributed by atoms with Gasteiger partial charge in [0.2, 0.25) is 11.7 Å². The maximum Gasteiger partial charge on any atom is 0.317 e. The van der Waals surface area contributed by atoms with E-state index in [9.17, 15) is 4.79 Å². The van der Waals surface area contributed by atoms with Crippen LogP contribution in [0, 0.1) is 0 Å². The molecule has 7 heteroatoms. The zero-order chi connectivity index (χ0) is 15.9. The molecule has 22 heavy (non-hydrogen) atoms. The number of amides is 2. The maximum absolute atomic E-state index is 11.8. The molecule has 0 fully saturated rings. The normalized spacial score (nSPS) is 10.3. The van der Waals surface area contributed by atoms with E-state index in [0.29, 0.717) is 24.8 Å². The topological polar surface area (TPSA) is 80.5 Å². The fraction of sp³-hybridized carbons (Fsp3) is 0.400. The number of nitrogens with one attached hydrogen (secondary N) is 1. The average Bonchev–Trinajstić information content (AvgIpc) is 3.03. The molecule has 1 aromatic heterocycles. The Hall–Kier alpha value is -2.57. The van der Waals surface area contributed by atoms with Crippen LogP contribution in [0.5, 0.6) is 5.75 Å². The molecule has 118 valence electrons. The first-order chi connectivity index (χ1) is 10.7. The van der Waals surface area contributed by atoms with Gasteiger partial charge in [-0.3, -0.25) is 0 Å². The number of hydrogen-bond donors (Lipinski definition) is 1. The quantitative estimate of drug-likeness (QED) is 0.885. The number of benzene rings is 1. The zero-order valence-electron chi connectivity index (χ0n) is 13.0. The Morgan fingerprint density at radius 2 is 2.14 bits per heavy atom. The summed E-state index contributed by atoms with van der Waals surface area (Å²) in [5, 5.41) is 6.67. The Kier molecular flexibility index (Phi) is 5.35. The van der Waals surface area contributed by atoms with Crippen LogP contribution in [0.15, 0.2) is 28.8 Å². The van der Waals surface area contributed by atoms with E-state index in [4.69, 9.17) is 9.26 Å². The van der Waals surface area contributed by atoms with Crippen LogP contribution in [0.25, 0.3) is 11.4 Å². The Labute approximate surface area is 129 Å². The van der Waals surface area contributed by atoms with Crippen molar-refractivity contribution in [1.29, 1.82) is 0 Å². The molecular formula is C15H20N4O3. The van der Waals surface area contributed by atoms with Crippen LogP contribution in [0.2, 0.25) is 0 Å². The first kappa shape index (κ1) is 15.8. The van der Waals surface area contributed by atoms with Crippen molar-refractivity contribution in [3.8, 4) is 17.1 Å². The summed E-state index contributed by atoms with van der Waals surface area (Å²) in [6, 6.07) is 7.24. The lowest BCUT2D eigenvalue weighted by molar-refractivity contribution is 0.201. The molecule has 0 spiro atoms. The monoisotopic (exact) mass is 304 g/mol. The summed E-state index contributed by atoms with van der Waals surface area (Å²) in [7, 11) is 1.60. The van der Waals surface area contributed by atoms with Gasteiger partial charge >= 0.3 is 6.03 Å². The standard InChI is InChI=1S/C15H20N4O3/c1-4-19(5-2)15(20)16-10-13-17-14(18-22-13)11-7-6-8-12(9-11)21-3/h6-9H,4-5,10H2,1-3H3,(H,16,20). The molecule has 0 bridgehead atoms. The molecule has 2 amide bonds. The van der Waals surface area contributed by atoms with Crippen molar-refractivity contribution in [3.63, 3.8) is 0 Å². The van der Waals surface area contributed by atoms with Gasteiger partial charge in [0.05, 0.1) is 13.7 Å². The van der Waals surface area contributed by atoms with Gasteiger partial charge in [-0.25, -0.2) is 4.79 Å². The summed E-state index contributed by atoms with van der Waals surface area (Å²) in [5.41, 5.74) is 0.796. The largest absolute Gasteiger partial charge is 0.497 e. The summed E-state index contributed by atoms with van der Waals surface area (Å²) in [5.74, 6) is 1.54. The van der Waals surface area contributed by atoms with Crippen LogP contribution in [-0.2, 0) is 6.54 Å². The van der Waals surface area contributed by atoms with Crippen LogP contribution >= 0.6 is 0 Å². The van der Waals surface area contributed by atoms with Crippen molar-refractivity contribution < 1.29 is 14.1 Å². The van der Waals surface area contributed by atoms with E-state index in [1.807, 2.05) is 38.1 Å². The van der Waals surface area contributed by atoms with Gasteiger partial charge in [-0.1, -0.05) is 17.3 Å². The minimum absolute atomic E-state index is 0.147. The Balaban J connectivity index is 2.01. The fourth-order valence-electron chi connectivity index (χ4n) is 1.98. The number of rotatable bonds is 6. The molecule has 7 nitrogen and oxygen atoms in total. The molecule has 1 aromatic carbocycles. The number of aromatic nitrogens is 2. The van der Waals surface area contributed by atoms with E-state index in [1.54, 1.807) is 12.0 Å². The van der Waals surface area contributed by atoms with Crippen LogP contribution in [0.4, 0.5) is 4.79 Å². The van der Waals surface area contributed by atoms with Crippen molar-refractivity contribution >= 4 is 6.03 Å². The minimum atomic E-state index is -0.147. The molecule has 0 saturated carbocycles. The highest BCUT2D eigenvalue weighted by atomic mass is 16.5. The van der Waals surface area contributed by atoms with Crippen LogP contribution in [-0.4, -0.2) is 41.3 Å². The first-order valence-electron chi connectivity index (χ1n) is 7.17. The lowest BCUT2D eigenvalue weighted by Gasteiger charge is -2.18. The number of hydrogen-bond acceptors (Lipinski definition) is 5. The smallest absolute Gasteiger partial charge is 0.317 e. The van der Waals surface area contributed by atoms with Crippen molar-refractivity contribution in [1.82, 2.24) is 20.4 Å². The van der Waals surface area contributed by atoms with E-state index in [1.165, 1.54) is 0 Å². The third kappa shape index (κ3) is 3.75. The Morgan fingerprint density at radius 1 is 1.36 bits per heavy atom. The van der Waals surface area contributed by atoms with Gasteiger partial charge in [0, 0.05) is 18.7 Å². The predicted octanol–water partition coefficient (Wildman–Crippen LogP) is 2.30. The SMILES string of the molecule is CCN(CC)C(=O)NCc1nc(-c2cccc(OC)c2)no1. The van der Waals surface area contributed by atoms with Gasteiger partial charge < -0.3 is 19.5 Å². The molecule has 2 rings (SSSR count). The van der Waals surface area contributed by atoms with E-state index in [-0.39, 0.29) is 12.6 Å². The van der Waals surface area contributed by atoms with Gasteiger partial charge in [0.1, 0.15) is 5.75 Å². The van der Waals surface area contributed by atoms with Crippen molar-refractivity contribution in [2.24, 2.45) is 0 Å². The van der Waals surface area contributed by atoms with Crippen molar-refractivity contribution in [2.75, 3.05) is 20.2 Å². The second-order valence-corrected chi connectivity index (χ2v) is 4.57. The van der Waals surface area contributed by atoms with Gasteiger partial charge in [-0.15, -0.1) is 0 Å². The molecule has 0 aliphatic rings. The summed E-state index contributed by atoms with van der Waals surface area (Å²) in [6.07, 6.45) is 0. The van der Waals surface area contributed by atoms with E-state index < -0.39 is 0 Å². The van der Waals surface area contributed by atoms with Gasteiger partial charge in [0.15, 0.2) is 0 Å². The summed E-state index contributed by atoms with van der Waals surface area (Å²) in [6.45, 7) is 5.36. The molecule has 0 aliphatic carbocycles. The number of urea groups is 1. The van der Waals surface area contributed by atoms with E-state index in [0.717, 1.165) is 11.3 Å². The minimum Gasteiger partial charge on any atom is -0.497 e. The number of nitrogens with zero attached hydrogens (tertiary/aromatic N) is 3. The summed E-state index contributed by atoms with van der Waals surface area (Å²) < 4.78 is 10.3. The molecule has 1 heterocycles. The molecular weight excluding hydrogens is 284 g/mol. The van der Waals surface area contributed by atoms with Crippen LogP contribution in [0.3, 0.4) is 0 Å². The van der Waals surface area contributed by atoms with Gasteiger partial charge in [-0.2, -0.15) is 4.98 Å². The third-order valence-electron chi connectivity index (χ3n) is 3.24. The second-order valence-electron chi connectivity index (χ2n) is 4.57. The molecule has 0 saturated heterocycles. The third-order valence-corrected chi connectivity index (χ3v) is 3.24.